The van der Waals surface area contributed by atoms with Gasteiger partial charge in [0.1, 0.15) is 0 Å². The quantitative estimate of drug-likeness (QED) is 0.816. The SMILES string of the molecule is CC1(C(=O)N2CCCC2)CC(c2ccccc2)=NO1. The standard InChI is InChI=1S/C15H18N2O2/c1-15(14(18)17-9-5-6-10-17)11-13(16-19-15)12-7-3-2-4-8-12/h2-4,7-8H,5-6,9-11H2,1H3. The molecule has 100 valence electrons. The first-order valence-electron chi connectivity index (χ1n) is 6.79. The molecule has 0 aromatic heterocycles. The van der Waals surface area contributed by atoms with Gasteiger partial charge < -0.3 is 9.74 Å². The van der Waals surface area contributed by atoms with Crippen molar-refractivity contribution < 1.29 is 9.63 Å². The molecule has 0 bridgehead atoms. The monoisotopic (exact) mass is 258 g/mol. The number of hydrogen-bond donors (Lipinski definition) is 0. The lowest BCUT2D eigenvalue weighted by atomic mass is 9.94. The second-order valence-electron chi connectivity index (χ2n) is 5.40. The number of amides is 1. The molecular formula is C15H18N2O2. The summed E-state index contributed by atoms with van der Waals surface area (Å²) >= 11 is 0. The van der Waals surface area contributed by atoms with Crippen LogP contribution in [0.4, 0.5) is 0 Å². The van der Waals surface area contributed by atoms with Gasteiger partial charge in [0.15, 0.2) is 0 Å². The van der Waals surface area contributed by atoms with Crippen LogP contribution in [0.1, 0.15) is 31.7 Å². The van der Waals surface area contributed by atoms with E-state index in [1.165, 1.54) is 0 Å². The van der Waals surface area contributed by atoms with Crippen molar-refractivity contribution in [3.05, 3.63) is 35.9 Å². The first-order valence-corrected chi connectivity index (χ1v) is 6.79. The number of nitrogens with zero attached hydrogens (tertiary/aromatic N) is 2. The highest BCUT2D eigenvalue weighted by Gasteiger charge is 2.45. The van der Waals surface area contributed by atoms with E-state index in [2.05, 4.69) is 5.16 Å². The molecule has 1 aromatic rings. The number of carbonyl (C=O) groups is 1. The lowest BCUT2D eigenvalue weighted by Gasteiger charge is -2.26. The molecule has 1 amide bonds. The normalized spacial score (nSPS) is 26.2. The van der Waals surface area contributed by atoms with Gasteiger partial charge in [-0.25, -0.2) is 0 Å². The third-order valence-electron chi connectivity index (χ3n) is 3.81. The van der Waals surface area contributed by atoms with E-state index in [9.17, 15) is 4.79 Å². The second kappa shape index (κ2) is 4.68. The zero-order valence-corrected chi connectivity index (χ0v) is 11.1. The second-order valence-corrected chi connectivity index (χ2v) is 5.40. The van der Waals surface area contributed by atoms with Gasteiger partial charge >= 0.3 is 0 Å². The Morgan fingerprint density at radius 1 is 1.26 bits per heavy atom. The van der Waals surface area contributed by atoms with Crippen LogP contribution in [0.2, 0.25) is 0 Å². The molecule has 19 heavy (non-hydrogen) atoms. The fraction of sp³-hybridized carbons (Fsp3) is 0.467. The fourth-order valence-corrected chi connectivity index (χ4v) is 2.69. The van der Waals surface area contributed by atoms with Crippen LogP contribution in [-0.2, 0) is 9.63 Å². The van der Waals surface area contributed by atoms with Crippen LogP contribution in [0.25, 0.3) is 0 Å². The predicted octanol–water partition coefficient (Wildman–Crippen LogP) is 2.19. The predicted molar refractivity (Wildman–Crippen MR) is 72.9 cm³/mol. The molecule has 1 saturated heterocycles. The maximum Gasteiger partial charge on any atom is 0.269 e. The number of oxime groups is 1. The molecular weight excluding hydrogens is 240 g/mol. The Labute approximate surface area is 113 Å². The number of hydrogen-bond acceptors (Lipinski definition) is 3. The van der Waals surface area contributed by atoms with E-state index >= 15 is 0 Å². The lowest BCUT2D eigenvalue weighted by molar-refractivity contribution is -0.152. The van der Waals surface area contributed by atoms with Crippen molar-refractivity contribution in [1.82, 2.24) is 4.90 Å². The molecule has 4 nitrogen and oxygen atoms in total. The van der Waals surface area contributed by atoms with Gasteiger partial charge in [-0.3, -0.25) is 4.79 Å². The first kappa shape index (κ1) is 12.2. The molecule has 2 aliphatic rings. The maximum absolute atomic E-state index is 12.5. The fourth-order valence-electron chi connectivity index (χ4n) is 2.69. The summed E-state index contributed by atoms with van der Waals surface area (Å²) in [5.41, 5.74) is 1.06. The largest absolute Gasteiger partial charge is 0.379 e. The van der Waals surface area contributed by atoms with Gasteiger partial charge in [0.25, 0.3) is 5.91 Å². The zero-order valence-electron chi connectivity index (χ0n) is 11.1. The number of likely N-dealkylation sites (tertiary alicyclic amines) is 1. The van der Waals surface area contributed by atoms with Gasteiger partial charge in [0.05, 0.1) is 5.71 Å². The van der Waals surface area contributed by atoms with Crippen LogP contribution in [0.15, 0.2) is 35.5 Å². The minimum Gasteiger partial charge on any atom is -0.379 e. The smallest absolute Gasteiger partial charge is 0.269 e. The van der Waals surface area contributed by atoms with Crippen molar-refractivity contribution in [2.24, 2.45) is 5.16 Å². The molecule has 0 aliphatic carbocycles. The average Bonchev–Trinajstić information content (AvgIpc) is 3.09. The summed E-state index contributed by atoms with van der Waals surface area (Å²) < 4.78 is 0. The van der Waals surface area contributed by atoms with E-state index in [-0.39, 0.29) is 5.91 Å². The van der Waals surface area contributed by atoms with Crippen LogP contribution in [0.5, 0.6) is 0 Å². The van der Waals surface area contributed by atoms with Gasteiger partial charge in [-0.2, -0.15) is 0 Å². The summed E-state index contributed by atoms with van der Waals surface area (Å²) in [6.45, 7) is 3.53. The van der Waals surface area contributed by atoms with Crippen molar-refractivity contribution in [2.45, 2.75) is 31.8 Å². The molecule has 0 spiro atoms. The van der Waals surface area contributed by atoms with E-state index in [1.807, 2.05) is 42.2 Å². The average molecular weight is 258 g/mol. The van der Waals surface area contributed by atoms with E-state index in [4.69, 9.17) is 4.84 Å². The van der Waals surface area contributed by atoms with E-state index in [0.717, 1.165) is 37.2 Å². The highest BCUT2D eigenvalue weighted by atomic mass is 16.7. The summed E-state index contributed by atoms with van der Waals surface area (Å²) in [7, 11) is 0. The van der Waals surface area contributed by atoms with E-state index in [0.29, 0.717) is 6.42 Å². The van der Waals surface area contributed by atoms with Crippen LogP contribution in [0.3, 0.4) is 0 Å². The van der Waals surface area contributed by atoms with Crippen molar-refractivity contribution in [1.29, 1.82) is 0 Å². The molecule has 1 unspecified atom stereocenters. The summed E-state index contributed by atoms with van der Waals surface area (Å²) in [6.07, 6.45) is 2.73. The topological polar surface area (TPSA) is 41.9 Å². The molecule has 1 fully saturated rings. The Hall–Kier alpha value is -1.84. The van der Waals surface area contributed by atoms with Crippen LogP contribution in [0, 0.1) is 0 Å². The Kier molecular flexibility index (Phi) is 3.01. The minimum absolute atomic E-state index is 0.0691. The zero-order chi connectivity index (χ0) is 13.3. The van der Waals surface area contributed by atoms with Crippen molar-refractivity contribution >= 4 is 11.6 Å². The molecule has 0 N–H and O–H groups in total. The molecule has 1 atom stereocenters. The first-order chi connectivity index (χ1) is 9.19. The molecule has 2 aliphatic heterocycles. The highest BCUT2D eigenvalue weighted by molar-refractivity contribution is 6.05. The summed E-state index contributed by atoms with van der Waals surface area (Å²) in [4.78, 5) is 19.8. The number of rotatable bonds is 2. The summed E-state index contributed by atoms with van der Waals surface area (Å²) in [5.74, 6) is 0.0691. The Morgan fingerprint density at radius 2 is 1.95 bits per heavy atom. The van der Waals surface area contributed by atoms with Crippen LogP contribution in [-0.4, -0.2) is 35.2 Å². The van der Waals surface area contributed by atoms with Gasteiger partial charge in [0.2, 0.25) is 5.60 Å². The third-order valence-corrected chi connectivity index (χ3v) is 3.81. The number of benzene rings is 1. The van der Waals surface area contributed by atoms with Crippen LogP contribution < -0.4 is 0 Å². The third kappa shape index (κ3) is 2.23. The maximum atomic E-state index is 12.5. The minimum atomic E-state index is -0.824. The molecule has 0 saturated carbocycles. The Balaban J connectivity index is 1.74. The van der Waals surface area contributed by atoms with E-state index in [1.54, 1.807) is 0 Å². The Morgan fingerprint density at radius 3 is 2.63 bits per heavy atom. The lowest BCUT2D eigenvalue weighted by Crippen LogP contribution is -2.46. The number of carbonyl (C=O) groups excluding carboxylic acids is 1. The van der Waals surface area contributed by atoms with Gasteiger partial charge in [0, 0.05) is 19.5 Å². The molecule has 2 heterocycles. The molecule has 1 aromatic carbocycles. The van der Waals surface area contributed by atoms with Crippen molar-refractivity contribution in [2.75, 3.05) is 13.1 Å². The van der Waals surface area contributed by atoms with Crippen molar-refractivity contribution in [3.63, 3.8) is 0 Å². The van der Waals surface area contributed by atoms with Gasteiger partial charge in [-0.05, 0) is 25.3 Å². The summed E-state index contributed by atoms with van der Waals surface area (Å²) in [6, 6.07) is 9.89. The summed E-state index contributed by atoms with van der Waals surface area (Å²) in [5, 5.41) is 4.12. The highest BCUT2D eigenvalue weighted by Crippen LogP contribution is 2.29. The molecule has 0 radical (unpaired) electrons. The van der Waals surface area contributed by atoms with Crippen LogP contribution >= 0.6 is 0 Å². The van der Waals surface area contributed by atoms with E-state index < -0.39 is 5.60 Å². The molecule has 3 rings (SSSR count). The Bertz CT molecular complexity index is 506. The van der Waals surface area contributed by atoms with Crippen molar-refractivity contribution in [3.8, 4) is 0 Å². The van der Waals surface area contributed by atoms with Gasteiger partial charge in [-0.15, -0.1) is 0 Å². The molecule has 4 heteroatoms. The van der Waals surface area contributed by atoms with Gasteiger partial charge in [-0.1, -0.05) is 35.5 Å².